The lowest BCUT2D eigenvalue weighted by Gasteiger charge is -2.33. The Labute approximate surface area is 226 Å². The molecule has 3 heterocycles. The zero-order valence-corrected chi connectivity index (χ0v) is 22.7. The lowest BCUT2D eigenvalue weighted by molar-refractivity contribution is -0.130. The zero-order chi connectivity index (χ0) is 26.6. The van der Waals surface area contributed by atoms with Crippen molar-refractivity contribution in [3.8, 4) is 10.4 Å². The van der Waals surface area contributed by atoms with Gasteiger partial charge in [0, 0.05) is 62.5 Å². The summed E-state index contributed by atoms with van der Waals surface area (Å²) in [5, 5.41) is 5.93. The van der Waals surface area contributed by atoms with E-state index in [1.165, 1.54) is 9.78 Å². The van der Waals surface area contributed by atoms with Crippen LogP contribution >= 0.6 is 11.3 Å². The highest BCUT2D eigenvalue weighted by Gasteiger charge is 2.24. The summed E-state index contributed by atoms with van der Waals surface area (Å²) in [6, 6.07) is 17.0. The molecular weight excluding hydrogens is 496 g/mol. The predicted octanol–water partition coefficient (Wildman–Crippen LogP) is 3.54. The number of amides is 2. The molecule has 0 bridgehead atoms. The van der Waals surface area contributed by atoms with E-state index in [-0.39, 0.29) is 11.8 Å². The molecule has 0 aliphatic carbocycles. The molecule has 9 heteroatoms. The Morgan fingerprint density at radius 1 is 1.03 bits per heavy atom. The summed E-state index contributed by atoms with van der Waals surface area (Å²) < 4.78 is 0. The van der Waals surface area contributed by atoms with Crippen LogP contribution in [0.25, 0.3) is 21.3 Å². The molecule has 0 unspecified atom stereocenters. The monoisotopic (exact) mass is 528 g/mol. The molecule has 0 radical (unpaired) electrons. The van der Waals surface area contributed by atoms with E-state index in [2.05, 4.69) is 55.7 Å². The van der Waals surface area contributed by atoms with Crippen molar-refractivity contribution in [1.29, 1.82) is 0 Å². The highest BCUT2D eigenvalue weighted by molar-refractivity contribution is 7.13. The SMILES string of the molecule is CN1CCN(c2ncnc3cc(C(=O)N[C@@H](Cc4ccc(-c5cccs5)cc4)C(=O)N(C)C)ccc23)CC1. The maximum atomic E-state index is 13.3. The third-order valence-corrected chi connectivity index (χ3v) is 7.84. The summed E-state index contributed by atoms with van der Waals surface area (Å²) in [5.74, 6) is 0.435. The van der Waals surface area contributed by atoms with E-state index in [4.69, 9.17) is 0 Å². The molecule has 0 saturated carbocycles. The van der Waals surface area contributed by atoms with Crippen molar-refractivity contribution >= 4 is 39.9 Å². The molecule has 1 saturated heterocycles. The number of benzene rings is 2. The van der Waals surface area contributed by atoms with E-state index in [0.717, 1.165) is 48.5 Å². The van der Waals surface area contributed by atoms with E-state index in [0.29, 0.717) is 17.5 Å². The summed E-state index contributed by atoms with van der Waals surface area (Å²) in [5.41, 5.74) is 3.29. The Kier molecular flexibility index (Phi) is 7.67. The third-order valence-electron chi connectivity index (χ3n) is 6.92. The highest BCUT2D eigenvalue weighted by atomic mass is 32.1. The van der Waals surface area contributed by atoms with Crippen LogP contribution < -0.4 is 10.2 Å². The first-order valence-electron chi connectivity index (χ1n) is 12.7. The minimum atomic E-state index is -0.688. The maximum Gasteiger partial charge on any atom is 0.252 e. The van der Waals surface area contributed by atoms with E-state index in [9.17, 15) is 9.59 Å². The van der Waals surface area contributed by atoms with Gasteiger partial charge in [-0.3, -0.25) is 9.59 Å². The molecule has 196 valence electrons. The number of thiophene rings is 1. The number of carbonyl (C=O) groups is 2. The normalized spacial score (nSPS) is 14.9. The average molecular weight is 529 g/mol. The van der Waals surface area contributed by atoms with E-state index in [1.54, 1.807) is 43.9 Å². The van der Waals surface area contributed by atoms with Gasteiger partial charge in [-0.15, -0.1) is 11.3 Å². The van der Waals surface area contributed by atoms with Crippen LogP contribution in [0.1, 0.15) is 15.9 Å². The number of carbonyl (C=O) groups excluding carboxylic acids is 2. The fourth-order valence-electron chi connectivity index (χ4n) is 4.69. The van der Waals surface area contributed by atoms with Crippen molar-refractivity contribution in [3.05, 3.63) is 77.4 Å². The minimum absolute atomic E-state index is 0.152. The van der Waals surface area contributed by atoms with Gasteiger partial charge in [-0.05, 0) is 47.8 Å². The molecule has 1 N–H and O–H groups in total. The minimum Gasteiger partial charge on any atom is -0.353 e. The number of hydrogen-bond donors (Lipinski definition) is 1. The number of fused-ring (bicyclic) bond motifs is 1. The molecule has 8 nitrogen and oxygen atoms in total. The van der Waals surface area contributed by atoms with Gasteiger partial charge in [0.1, 0.15) is 18.2 Å². The first-order chi connectivity index (χ1) is 18.4. The Bertz CT molecular complexity index is 1410. The summed E-state index contributed by atoms with van der Waals surface area (Å²) in [6.07, 6.45) is 1.95. The second-order valence-electron chi connectivity index (χ2n) is 9.86. The molecule has 2 aromatic heterocycles. The number of rotatable bonds is 7. The Morgan fingerprint density at radius 3 is 2.47 bits per heavy atom. The summed E-state index contributed by atoms with van der Waals surface area (Å²) in [4.78, 5) is 42.6. The molecule has 1 fully saturated rings. The smallest absolute Gasteiger partial charge is 0.252 e. The topological polar surface area (TPSA) is 81.7 Å². The second-order valence-corrected chi connectivity index (χ2v) is 10.8. The largest absolute Gasteiger partial charge is 0.353 e. The summed E-state index contributed by atoms with van der Waals surface area (Å²) >= 11 is 1.69. The standard InChI is InChI=1S/C29H32N6O2S/c1-33(2)29(37)25(17-20-6-8-21(9-7-20)26-5-4-16-38-26)32-28(36)22-10-11-23-24(18-22)30-19-31-27(23)35-14-12-34(3)13-15-35/h4-11,16,18-19,25H,12-15,17H2,1-3H3,(H,32,36)/t25-/m0/s1. The third kappa shape index (κ3) is 5.69. The van der Waals surface area contributed by atoms with Gasteiger partial charge >= 0.3 is 0 Å². The van der Waals surface area contributed by atoms with Gasteiger partial charge in [0.15, 0.2) is 0 Å². The highest BCUT2D eigenvalue weighted by Crippen LogP contribution is 2.26. The fraction of sp³-hybridized carbons (Fsp3) is 0.310. The second kappa shape index (κ2) is 11.3. The van der Waals surface area contributed by atoms with E-state index >= 15 is 0 Å². The maximum absolute atomic E-state index is 13.3. The number of anilines is 1. The molecule has 0 spiro atoms. The molecule has 1 aliphatic rings. The lowest BCUT2D eigenvalue weighted by atomic mass is 10.0. The molecular formula is C29H32N6O2S. The van der Waals surface area contributed by atoms with Crippen LogP contribution in [0.5, 0.6) is 0 Å². The quantitative estimate of drug-likeness (QED) is 0.395. The van der Waals surface area contributed by atoms with Crippen molar-refractivity contribution in [2.24, 2.45) is 0 Å². The van der Waals surface area contributed by atoms with Gasteiger partial charge in [0.25, 0.3) is 5.91 Å². The predicted molar refractivity (Wildman–Crippen MR) is 153 cm³/mol. The Hall–Kier alpha value is -3.82. The number of piperazine rings is 1. The van der Waals surface area contributed by atoms with Gasteiger partial charge < -0.3 is 20.0 Å². The molecule has 4 aromatic rings. The van der Waals surface area contributed by atoms with Crippen LogP contribution in [-0.4, -0.2) is 84.9 Å². The zero-order valence-electron chi connectivity index (χ0n) is 21.9. The van der Waals surface area contributed by atoms with Crippen LogP contribution in [0.2, 0.25) is 0 Å². The van der Waals surface area contributed by atoms with Gasteiger partial charge in [-0.1, -0.05) is 30.3 Å². The van der Waals surface area contributed by atoms with Crippen molar-refractivity contribution in [2.45, 2.75) is 12.5 Å². The number of nitrogens with one attached hydrogen (secondary N) is 1. The Balaban J connectivity index is 1.34. The molecule has 2 amide bonds. The van der Waals surface area contributed by atoms with E-state index < -0.39 is 6.04 Å². The number of nitrogens with zero attached hydrogens (tertiary/aromatic N) is 5. The number of hydrogen-bond acceptors (Lipinski definition) is 7. The first-order valence-corrected chi connectivity index (χ1v) is 13.6. The van der Waals surface area contributed by atoms with Gasteiger partial charge in [0.2, 0.25) is 5.91 Å². The number of aromatic nitrogens is 2. The van der Waals surface area contributed by atoms with Crippen molar-refractivity contribution in [2.75, 3.05) is 52.2 Å². The summed E-state index contributed by atoms with van der Waals surface area (Å²) in [6.45, 7) is 3.75. The molecule has 1 aliphatic heterocycles. The number of likely N-dealkylation sites (N-methyl/N-ethyl adjacent to an activating group) is 2. The first kappa shape index (κ1) is 25.8. The lowest BCUT2D eigenvalue weighted by Crippen LogP contribution is -2.47. The van der Waals surface area contributed by atoms with Crippen LogP contribution in [0.15, 0.2) is 66.3 Å². The van der Waals surface area contributed by atoms with Gasteiger partial charge in [-0.2, -0.15) is 0 Å². The van der Waals surface area contributed by atoms with Gasteiger partial charge in [-0.25, -0.2) is 9.97 Å². The Morgan fingerprint density at radius 2 is 1.79 bits per heavy atom. The van der Waals surface area contributed by atoms with Crippen molar-refractivity contribution in [1.82, 2.24) is 25.1 Å². The molecule has 1 atom stereocenters. The van der Waals surface area contributed by atoms with Crippen molar-refractivity contribution < 1.29 is 9.59 Å². The van der Waals surface area contributed by atoms with Crippen LogP contribution in [0.4, 0.5) is 5.82 Å². The molecule has 5 rings (SSSR count). The van der Waals surface area contributed by atoms with Crippen molar-refractivity contribution in [3.63, 3.8) is 0 Å². The van der Waals surface area contributed by atoms with Crippen LogP contribution in [-0.2, 0) is 11.2 Å². The van der Waals surface area contributed by atoms with Crippen LogP contribution in [0, 0.1) is 0 Å². The molecule has 38 heavy (non-hydrogen) atoms. The molecule has 2 aromatic carbocycles. The fourth-order valence-corrected chi connectivity index (χ4v) is 5.42. The van der Waals surface area contributed by atoms with Gasteiger partial charge in [0.05, 0.1) is 5.52 Å². The summed E-state index contributed by atoms with van der Waals surface area (Å²) in [7, 11) is 5.53. The van der Waals surface area contributed by atoms with Crippen LogP contribution in [0.3, 0.4) is 0 Å². The van der Waals surface area contributed by atoms with E-state index in [1.807, 2.05) is 24.3 Å². The average Bonchev–Trinajstić information content (AvgIpc) is 3.47.